The molecule has 1 nitrogen and oxygen atoms in total. The minimum Gasteiger partial charge on any atom is -0.328 e. The second-order valence-electron chi connectivity index (χ2n) is 6.15. The van der Waals surface area contributed by atoms with Crippen LogP contribution in [0, 0.1) is 0 Å². The van der Waals surface area contributed by atoms with Gasteiger partial charge in [0, 0.05) is 0 Å². The van der Waals surface area contributed by atoms with Gasteiger partial charge in [0.1, 0.15) is 0 Å². The number of rotatable bonds is 10. The summed E-state index contributed by atoms with van der Waals surface area (Å²) in [7, 11) is 0. The highest BCUT2D eigenvalue weighted by Gasteiger charge is 2.96. The zero-order valence-corrected chi connectivity index (χ0v) is 15.0. The van der Waals surface area contributed by atoms with Crippen molar-refractivity contribution in [2.24, 2.45) is 0 Å². The molecule has 0 amide bonds. The Morgan fingerprint density at radius 2 is 0.457 bits per heavy atom. The Labute approximate surface area is 176 Å². The highest BCUT2D eigenvalue weighted by Crippen LogP contribution is 2.65. The Kier molecular flexibility index (Phi) is 8.66. The average Bonchev–Trinajstić information content (AvgIpc) is 2.58. The van der Waals surface area contributed by atoms with Gasteiger partial charge in [-0.1, -0.05) is 0 Å². The van der Waals surface area contributed by atoms with E-state index in [9.17, 15) is 96.6 Å². The van der Waals surface area contributed by atoms with E-state index < -0.39 is 72.9 Å². The Morgan fingerprint density at radius 3 is 0.543 bits per heavy atom. The molecule has 0 aliphatic rings. The molecular formula is C12H4F22O. The fourth-order valence-electron chi connectivity index (χ4n) is 2.43. The van der Waals surface area contributed by atoms with Crippen molar-refractivity contribution >= 4 is 0 Å². The molecule has 0 N–H and O–H groups in total. The number of halogens is 22. The molecular weight excluding hydrogens is 578 g/mol. The van der Waals surface area contributed by atoms with Gasteiger partial charge in [0.2, 0.25) is 0 Å². The third-order valence-corrected chi connectivity index (χ3v) is 4.08. The first-order valence-electron chi connectivity index (χ1n) is 7.45. The van der Waals surface area contributed by atoms with Crippen LogP contribution >= 0.6 is 0 Å². The first kappa shape index (κ1) is 33.4. The summed E-state index contributed by atoms with van der Waals surface area (Å²) in [5, 5.41) is 0. The molecule has 0 atom stereocenters. The van der Waals surface area contributed by atoms with Crippen molar-refractivity contribution < 1.29 is 101 Å². The van der Waals surface area contributed by atoms with Crippen molar-refractivity contribution in [1.82, 2.24) is 0 Å². The van der Waals surface area contributed by atoms with Gasteiger partial charge in [0.05, 0.1) is 0 Å². The van der Waals surface area contributed by atoms with Crippen molar-refractivity contribution in [2.45, 2.75) is 72.9 Å². The predicted octanol–water partition coefficient (Wildman–Crippen LogP) is 7.21. The van der Waals surface area contributed by atoms with E-state index in [0.717, 1.165) is 0 Å². The zero-order chi connectivity index (χ0) is 29.0. The van der Waals surface area contributed by atoms with Gasteiger partial charge >= 0.3 is 72.9 Å². The SMILES string of the molecule is FC(F)C(F)(F)C(OC(C(F)(F)F)(C(F)(F)C(F)F)C(F)(F)C(F)F)(C(F)(F)F)C(F)(F)C(F)F. The van der Waals surface area contributed by atoms with Crippen LogP contribution in [0.1, 0.15) is 0 Å². The van der Waals surface area contributed by atoms with Gasteiger partial charge < -0.3 is 4.74 Å². The summed E-state index contributed by atoms with van der Waals surface area (Å²) in [6.45, 7) is 0. The fraction of sp³-hybridized carbons (Fsp3) is 1.00. The second-order valence-corrected chi connectivity index (χ2v) is 6.15. The lowest BCUT2D eigenvalue weighted by Gasteiger charge is -2.52. The molecule has 0 fully saturated rings. The highest BCUT2D eigenvalue weighted by atomic mass is 19.4. The number of hydrogen-bond acceptors (Lipinski definition) is 1. The van der Waals surface area contributed by atoms with Crippen molar-refractivity contribution in [3.05, 3.63) is 0 Å². The van der Waals surface area contributed by atoms with E-state index in [-0.39, 0.29) is 0 Å². The molecule has 0 aromatic carbocycles. The van der Waals surface area contributed by atoms with E-state index in [1.54, 1.807) is 0 Å². The topological polar surface area (TPSA) is 9.23 Å². The van der Waals surface area contributed by atoms with Gasteiger partial charge in [-0.15, -0.1) is 0 Å². The maximum Gasteiger partial charge on any atom is 0.430 e. The van der Waals surface area contributed by atoms with Gasteiger partial charge in [-0.25, -0.2) is 35.1 Å². The molecule has 35 heavy (non-hydrogen) atoms. The Morgan fingerprint density at radius 1 is 0.314 bits per heavy atom. The number of ether oxygens (including phenoxy) is 1. The average molecular weight is 582 g/mol. The molecule has 23 heteroatoms. The van der Waals surface area contributed by atoms with Crippen LogP contribution in [0.15, 0.2) is 0 Å². The van der Waals surface area contributed by atoms with Gasteiger partial charge in [-0.3, -0.25) is 0 Å². The molecule has 0 aliphatic carbocycles. The predicted molar refractivity (Wildman–Crippen MR) is 62.5 cm³/mol. The lowest BCUT2D eigenvalue weighted by Crippen LogP contribution is -2.83. The number of alkyl halides is 22. The number of hydrogen-bond donors (Lipinski definition) is 0. The molecule has 0 aliphatic heterocycles. The molecule has 0 aromatic heterocycles. The van der Waals surface area contributed by atoms with Crippen LogP contribution in [-0.2, 0) is 4.74 Å². The molecule has 0 aromatic rings. The fourth-order valence-corrected chi connectivity index (χ4v) is 2.43. The molecule has 0 radical (unpaired) electrons. The van der Waals surface area contributed by atoms with Gasteiger partial charge in [0.15, 0.2) is 0 Å². The highest BCUT2D eigenvalue weighted by molar-refractivity contribution is 5.20. The van der Waals surface area contributed by atoms with Crippen LogP contribution in [0.4, 0.5) is 96.6 Å². The minimum absolute atomic E-state index is 1.29. The monoisotopic (exact) mass is 582 g/mol. The third-order valence-electron chi connectivity index (χ3n) is 4.08. The van der Waals surface area contributed by atoms with Crippen LogP contribution < -0.4 is 0 Å². The normalized spacial score (nSPS) is 16.3. The summed E-state index contributed by atoms with van der Waals surface area (Å²) in [5.41, 5.74) is -17.8. The van der Waals surface area contributed by atoms with Crippen LogP contribution in [-0.4, -0.2) is 72.9 Å². The summed E-state index contributed by atoms with van der Waals surface area (Å²) >= 11 is 0. The molecule has 0 heterocycles. The first-order chi connectivity index (χ1) is 15.0. The van der Waals surface area contributed by atoms with Crippen LogP contribution in [0.2, 0.25) is 0 Å². The maximum absolute atomic E-state index is 13.7. The summed E-state index contributed by atoms with van der Waals surface area (Å²) in [6, 6.07) is 0. The molecule has 0 bridgehead atoms. The Hall–Kier alpha value is -1.58. The third kappa shape index (κ3) is 4.42. The molecule has 0 spiro atoms. The van der Waals surface area contributed by atoms with E-state index in [1.165, 1.54) is 4.74 Å². The summed E-state index contributed by atoms with van der Waals surface area (Å²) < 4.78 is 290. The zero-order valence-electron chi connectivity index (χ0n) is 15.0. The first-order valence-corrected chi connectivity index (χ1v) is 7.45. The molecule has 0 rings (SSSR count). The standard InChI is InChI=1S/C12H4F22O/c13-1(14)5(21,22)9(11(29,30)31,6(23,24)2(15)16)35-10(12(32,33)34,7(25,26)3(17)18)8(27,28)4(19)20/h1-4H. The summed E-state index contributed by atoms with van der Waals surface area (Å²) in [4.78, 5) is 0. The molecule has 212 valence electrons. The second kappa shape index (κ2) is 9.06. The lowest BCUT2D eigenvalue weighted by molar-refractivity contribution is -0.521. The van der Waals surface area contributed by atoms with Crippen molar-refractivity contribution in [2.75, 3.05) is 0 Å². The van der Waals surface area contributed by atoms with E-state index in [1.807, 2.05) is 0 Å². The van der Waals surface area contributed by atoms with E-state index in [4.69, 9.17) is 0 Å². The van der Waals surface area contributed by atoms with Crippen molar-refractivity contribution in [1.29, 1.82) is 0 Å². The van der Waals surface area contributed by atoms with E-state index in [2.05, 4.69) is 0 Å². The van der Waals surface area contributed by atoms with Crippen molar-refractivity contribution in [3.63, 3.8) is 0 Å². The van der Waals surface area contributed by atoms with E-state index >= 15 is 0 Å². The van der Waals surface area contributed by atoms with Gasteiger partial charge in [-0.2, -0.15) is 61.5 Å². The van der Waals surface area contributed by atoms with Gasteiger partial charge in [0.25, 0.3) is 0 Å². The largest absolute Gasteiger partial charge is 0.430 e. The smallest absolute Gasteiger partial charge is 0.328 e. The van der Waals surface area contributed by atoms with Crippen LogP contribution in [0.5, 0.6) is 0 Å². The molecule has 0 saturated carbocycles. The summed E-state index contributed by atoms with van der Waals surface area (Å²) in [5.74, 6) is -33.7. The Bertz CT molecular complexity index is 615. The quantitative estimate of drug-likeness (QED) is 0.248. The van der Waals surface area contributed by atoms with Crippen LogP contribution in [0.3, 0.4) is 0 Å². The molecule has 0 unspecified atom stereocenters. The Balaban J connectivity index is 8.46. The van der Waals surface area contributed by atoms with Gasteiger partial charge in [-0.05, 0) is 0 Å². The summed E-state index contributed by atoms with van der Waals surface area (Å²) in [6.07, 6.45) is -44.0. The molecule has 0 saturated heterocycles. The minimum atomic E-state index is -8.92. The lowest BCUT2D eigenvalue weighted by atomic mass is 9.81. The maximum atomic E-state index is 13.7. The van der Waals surface area contributed by atoms with Crippen LogP contribution in [0.25, 0.3) is 0 Å². The van der Waals surface area contributed by atoms with E-state index in [0.29, 0.717) is 0 Å². The van der Waals surface area contributed by atoms with Crippen molar-refractivity contribution in [3.8, 4) is 0 Å².